The van der Waals surface area contributed by atoms with Gasteiger partial charge in [-0.15, -0.1) is 12.4 Å². The molecule has 0 saturated carbocycles. The number of anilines is 2. The van der Waals surface area contributed by atoms with Gasteiger partial charge in [-0.1, -0.05) is 6.07 Å². The number of piperidine rings is 1. The first-order chi connectivity index (χ1) is 19.2. The van der Waals surface area contributed by atoms with E-state index < -0.39 is 11.6 Å². The number of nitrogens with one attached hydrogen (secondary N) is 2. The second-order valence-electron chi connectivity index (χ2n) is 10.3. The van der Waals surface area contributed by atoms with Crippen molar-refractivity contribution in [3.63, 3.8) is 0 Å². The van der Waals surface area contributed by atoms with Crippen LogP contribution in [0.25, 0.3) is 22.3 Å². The van der Waals surface area contributed by atoms with Crippen molar-refractivity contribution >= 4 is 41.1 Å². The van der Waals surface area contributed by atoms with Crippen LogP contribution in [0.4, 0.5) is 20.5 Å². The van der Waals surface area contributed by atoms with E-state index in [2.05, 4.69) is 30.2 Å². The predicted molar refractivity (Wildman–Crippen MR) is 154 cm³/mol. The minimum absolute atomic E-state index is 0. The molecule has 0 atom stereocenters. The number of benzene rings is 1. The minimum atomic E-state index is -0.664. The molecule has 4 aromatic rings. The summed E-state index contributed by atoms with van der Waals surface area (Å²) in [5.41, 5.74) is 3.87. The molecule has 1 aliphatic heterocycles. The number of carbonyl (C=O) groups is 1. The van der Waals surface area contributed by atoms with E-state index in [9.17, 15) is 13.6 Å². The number of amides is 1. The second-order valence-corrected chi connectivity index (χ2v) is 10.3. The van der Waals surface area contributed by atoms with E-state index in [1.54, 1.807) is 11.5 Å². The number of hydrogen-bond acceptors (Lipinski definition) is 8. The minimum Gasteiger partial charge on any atom is -0.326 e. The van der Waals surface area contributed by atoms with Crippen LogP contribution in [0, 0.1) is 18.6 Å². The molecule has 4 heterocycles. The topological polar surface area (TPSA) is 121 Å². The highest BCUT2D eigenvalue weighted by Crippen LogP contribution is 2.31. The maximum Gasteiger partial charge on any atom is 0.244 e. The molecular formula is C28H33ClF2N8O2. The number of hydrogen-bond donors (Lipinski definition) is 3. The molecule has 3 N–H and O–H groups in total. The normalized spacial score (nSPS) is 14.3. The van der Waals surface area contributed by atoms with E-state index in [0.29, 0.717) is 35.2 Å². The first-order valence-corrected chi connectivity index (χ1v) is 13.3. The SMILES string of the molecule is Cc1nc2c(F)cc(-c3nc(Nc4ccc(C5CCN(CCC(=O)NO)CC5)cn4)ncc3F)cc2n1C(C)C.Cl. The van der Waals surface area contributed by atoms with Crippen LogP contribution in [0.2, 0.25) is 0 Å². The summed E-state index contributed by atoms with van der Waals surface area (Å²) in [4.78, 5) is 30.7. The predicted octanol–water partition coefficient (Wildman–Crippen LogP) is 5.30. The molecule has 1 aliphatic rings. The Kier molecular flexibility index (Phi) is 9.46. The number of pyridine rings is 1. The smallest absolute Gasteiger partial charge is 0.244 e. The molecule has 1 aromatic carbocycles. The van der Waals surface area contributed by atoms with Crippen molar-refractivity contribution in [2.75, 3.05) is 25.0 Å². The second kappa shape index (κ2) is 12.8. The van der Waals surface area contributed by atoms with Crippen LogP contribution >= 0.6 is 12.4 Å². The van der Waals surface area contributed by atoms with Gasteiger partial charge in [-0.25, -0.2) is 34.2 Å². The van der Waals surface area contributed by atoms with E-state index in [0.717, 1.165) is 37.7 Å². The van der Waals surface area contributed by atoms with E-state index in [-0.39, 0.29) is 47.9 Å². The molecule has 5 rings (SSSR count). The van der Waals surface area contributed by atoms with Gasteiger partial charge >= 0.3 is 0 Å². The van der Waals surface area contributed by atoms with Gasteiger partial charge in [-0.2, -0.15) is 0 Å². The fourth-order valence-electron chi connectivity index (χ4n) is 5.33. The van der Waals surface area contributed by atoms with Crippen LogP contribution < -0.4 is 10.8 Å². The van der Waals surface area contributed by atoms with Gasteiger partial charge in [0.15, 0.2) is 11.6 Å². The molecule has 0 spiro atoms. The zero-order valence-corrected chi connectivity index (χ0v) is 23.9. The summed E-state index contributed by atoms with van der Waals surface area (Å²) >= 11 is 0. The average molecular weight is 587 g/mol. The molecule has 13 heteroatoms. The summed E-state index contributed by atoms with van der Waals surface area (Å²) in [6.45, 7) is 8.11. The zero-order valence-electron chi connectivity index (χ0n) is 23.1. The maximum atomic E-state index is 15.0. The molecular weight excluding hydrogens is 554 g/mol. The summed E-state index contributed by atoms with van der Waals surface area (Å²) in [6.07, 6.45) is 5.02. The van der Waals surface area contributed by atoms with Crippen molar-refractivity contribution in [1.29, 1.82) is 0 Å². The number of halogens is 3. The van der Waals surface area contributed by atoms with E-state index in [1.165, 1.54) is 6.07 Å². The lowest BCUT2D eigenvalue weighted by molar-refractivity contribution is -0.129. The molecule has 0 radical (unpaired) electrons. The summed E-state index contributed by atoms with van der Waals surface area (Å²) in [6, 6.07) is 6.82. The van der Waals surface area contributed by atoms with Crippen LogP contribution in [0.15, 0.2) is 36.7 Å². The van der Waals surface area contributed by atoms with E-state index in [4.69, 9.17) is 5.21 Å². The summed E-state index contributed by atoms with van der Waals surface area (Å²) in [7, 11) is 0. The monoisotopic (exact) mass is 586 g/mol. The van der Waals surface area contributed by atoms with Gasteiger partial charge in [0.2, 0.25) is 11.9 Å². The Hall–Kier alpha value is -3.74. The number of likely N-dealkylation sites (tertiary alicyclic amines) is 1. The van der Waals surface area contributed by atoms with Crippen molar-refractivity contribution in [2.24, 2.45) is 0 Å². The van der Waals surface area contributed by atoms with E-state index in [1.807, 2.05) is 43.7 Å². The number of nitrogens with zero attached hydrogens (tertiary/aromatic N) is 6. The number of hydroxylamine groups is 1. The summed E-state index contributed by atoms with van der Waals surface area (Å²) < 4.78 is 31.7. The number of fused-ring (bicyclic) bond motifs is 1. The molecule has 10 nitrogen and oxygen atoms in total. The molecule has 41 heavy (non-hydrogen) atoms. The van der Waals surface area contributed by atoms with Gasteiger partial charge in [0.05, 0.1) is 11.7 Å². The van der Waals surface area contributed by atoms with Crippen molar-refractivity contribution in [3.8, 4) is 11.3 Å². The average Bonchev–Trinajstić information content (AvgIpc) is 3.30. The van der Waals surface area contributed by atoms with E-state index >= 15 is 0 Å². The number of rotatable bonds is 8. The van der Waals surface area contributed by atoms with Crippen LogP contribution in [-0.2, 0) is 4.79 Å². The summed E-state index contributed by atoms with van der Waals surface area (Å²) in [5, 5.41) is 11.7. The fraction of sp³-hybridized carbons (Fsp3) is 0.393. The molecule has 1 saturated heterocycles. The molecule has 0 unspecified atom stereocenters. The van der Waals surface area contributed by atoms with Crippen LogP contribution in [0.3, 0.4) is 0 Å². The Bertz CT molecular complexity index is 1520. The lowest BCUT2D eigenvalue weighted by atomic mass is 9.90. The quantitative estimate of drug-likeness (QED) is 0.188. The fourth-order valence-corrected chi connectivity index (χ4v) is 5.33. The Morgan fingerprint density at radius 2 is 1.85 bits per heavy atom. The number of imidazole rings is 1. The van der Waals surface area contributed by atoms with Crippen LogP contribution in [0.5, 0.6) is 0 Å². The number of aryl methyl sites for hydroxylation is 1. The molecule has 1 fully saturated rings. The lowest BCUT2D eigenvalue weighted by Crippen LogP contribution is -2.35. The highest BCUT2D eigenvalue weighted by atomic mass is 35.5. The first kappa shape index (κ1) is 30.2. The van der Waals surface area contributed by atoms with Crippen molar-refractivity contribution in [1.82, 2.24) is 34.9 Å². The Morgan fingerprint density at radius 3 is 2.51 bits per heavy atom. The van der Waals surface area contributed by atoms with Gasteiger partial charge in [-0.3, -0.25) is 10.0 Å². The zero-order chi connectivity index (χ0) is 28.4. The van der Waals surface area contributed by atoms with Crippen molar-refractivity contribution in [3.05, 3.63) is 59.7 Å². The maximum absolute atomic E-state index is 15.0. The third kappa shape index (κ3) is 6.61. The summed E-state index contributed by atoms with van der Waals surface area (Å²) in [5.74, 6) is 0.0949. The molecule has 0 aliphatic carbocycles. The third-order valence-electron chi connectivity index (χ3n) is 7.32. The lowest BCUT2D eigenvalue weighted by Gasteiger charge is -2.31. The molecule has 0 bridgehead atoms. The van der Waals surface area contributed by atoms with Gasteiger partial charge < -0.3 is 14.8 Å². The standard InChI is InChI=1S/C28H32F2N8O2.ClH/c1-16(2)38-17(3)33-27-21(29)12-20(13-23(27)38)26-22(30)15-32-28(35-26)34-24-5-4-19(14-31-24)18-6-9-37(10-7-18)11-8-25(39)36-40;/h4-5,12-16,18,40H,6-11H2,1-3H3,(H,36,39)(H,31,32,34,35);1H. The Morgan fingerprint density at radius 1 is 1.10 bits per heavy atom. The highest BCUT2D eigenvalue weighted by Gasteiger charge is 2.22. The van der Waals surface area contributed by atoms with Gasteiger partial charge in [0.25, 0.3) is 0 Å². The van der Waals surface area contributed by atoms with Gasteiger partial charge in [-0.05, 0) is 76.4 Å². The van der Waals surface area contributed by atoms with Crippen molar-refractivity contribution in [2.45, 2.75) is 52.0 Å². The first-order valence-electron chi connectivity index (χ1n) is 13.3. The molecule has 218 valence electrons. The molecule has 1 amide bonds. The third-order valence-corrected chi connectivity index (χ3v) is 7.32. The Balaban J connectivity index is 0.00000387. The number of aromatic nitrogens is 5. The largest absolute Gasteiger partial charge is 0.326 e. The number of carbonyl (C=O) groups excluding carboxylic acids is 1. The molecule has 3 aromatic heterocycles. The van der Waals surface area contributed by atoms with Crippen molar-refractivity contribution < 1.29 is 18.8 Å². The Labute approximate surface area is 242 Å². The van der Waals surface area contributed by atoms with Crippen LogP contribution in [-0.4, -0.2) is 60.2 Å². The van der Waals surface area contributed by atoms with Crippen LogP contribution in [0.1, 0.15) is 56.5 Å². The van der Waals surface area contributed by atoms with Gasteiger partial charge in [0.1, 0.15) is 22.9 Å². The van der Waals surface area contributed by atoms with Gasteiger partial charge in [0, 0.05) is 30.8 Å². The highest BCUT2D eigenvalue weighted by molar-refractivity contribution is 5.85.